The van der Waals surface area contributed by atoms with Gasteiger partial charge in [-0.2, -0.15) is 0 Å². The second-order valence-corrected chi connectivity index (χ2v) is 6.66. The summed E-state index contributed by atoms with van der Waals surface area (Å²) in [6.07, 6.45) is 1.50. The van der Waals surface area contributed by atoms with Gasteiger partial charge in [-0.3, -0.25) is 19.0 Å². The zero-order chi connectivity index (χ0) is 18.1. The molecule has 0 aliphatic rings. The number of ketones is 1. The van der Waals surface area contributed by atoms with E-state index in [0.29, 0.717) is 38.5 Å². The van der Waals surface area contributed by atoms with Crippen LogP contribution in [0.15, 0.2) is 35.4 Å². The number of anilines is 1. The molecule has 0 aliphatic heterocycles. The largest absolute Gasteiger partial charge is 0.321 e. The molecule has 6 nitrogen and oxygen atoms in total. The van der Waals surface area contributed by atoms with E-state index in [0.717, 1.165) is 0 Å². The maximum absolute atomic E-state index is 12.6. The van der Waals surface area contributed by atoms with Crippen LogP contribution in [0.25, 0.3) is 10.2 Å². The molecule has 0 saturated heterocycles. The molecule has 1 amide bonds. The summed E-state index contributed by atoms with van der Waals surface area (Å²) in [4.78, 5) is 41.8. The first-order chi connectivity index (χ1) is 11.9. The van der Waals surface area contributed by atoms with Crippen LogP contribution in [0.3, 0.4) is 0 Å². The highest BCUT2D eigenvalue weighted by Crippen LogP contribution is 2.27. The average Bonchev–Trinajstić information content (AvgIpc) is 2.93. The summed E-state index contributed by atoms with van der Waals surface area (Å²) in [5.74, 6) is -0.387. The molecule has 0 saturated carbocycles. The van der Waals surface area contributed by atoms with Gasteiger partial charge in [0, 0.05) is 17.8 Å². The maximum Gasteiger partial charge on any atom is 0.266 e. The van der Waals surface area contributed by atoms with Gasteiger partial charge in [0.25, 0.3) is 11.5 Å². The Bertz CT molecular complexity index is 1050. The molecule has 0 spiro atoms. The van der Waals surface area contributed by atoms with Gasteiger partial charge in [-0.25, -0.2) is 4.98 Å². The predicted molar refractivity (Wildman–Crippen MR) is 98.7 cm³/mol. The second kappa shape index (κ2) is 6.60. The van der Waals surface area contributed by atoms with Crippen molar-refractivity contribution in [3.63, 3.8) is 0 Å². The first kappa shape index (κ1) is 17.0. The monoisotopic (exact) mass is 355 g/mol. The minimum absolute atomic E-state index is 0.0709. The number of rotatable bonds is 4. The third-order valence-electron chi connectivity index (χ3n) is 3.99. The second-order valence-electron chi connectivity index (χ2n) is 5.66. The van der Waals surface area contributed by atoms with E-state index >= 15 is 0 Å². The van der Waals surface area contributed by atoms with Gasteiger partial charge >= 0.3 is 0 Å². The molecule has 0 radical (unpaired) electrons. The molecule has 2 aromatic heterocycles. The van der Waals surface area contributed by atoms with E-state index < -0.39 is 0 Å². The lowest BCUT2D eigenvalue weighted by Gasteiger charge is -2.05. The fraction of sp³-hybridized carbons (Fsp3) is 0.222. The molecular formula is C18H17N3O3S. The lowest BCUT2D eigenvalue weighted by Crippen LogP contribution is -2.19. The average molecular weight is 355 g/mol. The van der Waals surface area contributed by atoms with E-state index in [4.69, 9.17) is 0 Å². The Kier molecular flexibility index (Phi) is 4.50. The number of aryl methyl sites for hydroxylation is 2. The number of thiophene rings is 1. The first-order valence-corrected chi connectivity index (χ1v) is 8.65. The normalized spacial score (nSPS) is 10.8. The molecular weight excluding hydrogens is 338 g/mol. The molecule has 3 aromatic rings. The molecule has 1 aromatic carbocycles. The Morgan fingerprint density at radius 1 is 1.32 bits per heavy atom. The van der Waals surface area contributed by atoms with Crippen molar-refractivity contribution in [1.29, 1.82) is 0 Å². The number of hydrogen-bond acceptors (Lipinski definition) is 5. The predicted octanol–water partition coefficient (Wildman–Crippen LogP) is 3.24. The third kappa shape index (κ3) is 3.10. The molecule has 2 heterocycles. The zero-order valence-electron chi connectivity index (χ0n) is 14.1. The number of carbonyl (C=O) groups excluding carboxylic acids is 2. The summed E-state index contributed by atoms with van der Waals surface area (Å²) >= 11 is 1.19. The van der Waals surface area contributed by atoms with Crippen LogP contribution in [0.4, 0.5) is 5.69 Å². The number of nitrogens with zero attached hydrogens (tertiary/aromatic N) is 2. The number of aromatic nitrogens is 2. The van der Waals surface area contributed by atoms with Crippen LogP contribution in [0.5, 0.6) is 0 Å². The number of amides is 1. The number of Topliss-reactive ketones (excluding diaryl/α,β-unsaturated/α-hetero) is 1. The van der Waals surface area contributed by atoms with Gasteiger partial charge < -0.3 is 5.32 Å². The summed E-state index contributed by atoms with van der Waals surface area (Å²) in [6.45, 7) is 5.62. The fourth-order valence-electron chi connectivity index (χ4n) is 2.60. The lowest BCUT2D eigenvalue weighted by atomic mass is 10.1. The van der Waals surface area contributed by atoms with E-state index in [2.05, 4.69) is 10.3 Å². The van der Waals surface area contributed by atoms with Gasteiger partial charge in [0.2, 0.25) is 0 Å². The molecule has 25 heavy (non-hydrogen) atoms. The smallest absolute Gasteiger partial charge is 0.266 e. The van der Waals surface area contributed by atoms with Crippen molar-refractivity contribution in [3.8, 4) is 0 Å². The van der Waals surface area contributed by atoms with Crippen LogP contribution in [-0.4, -0.2) is 21.2 Å². The van der Waals surface area contributed by atoms with Gasteiger partial charge in [0.05, 0.1) is 16.6 Å². The topological polar surface area (TPSA) is 81.1 Å². The molecule has 0 fully saturated rings. The number of hydrogen-bond donors (Lipinski definition) is 1. The molecule has 0 aliphatic carbocycles. The molecule has 1 N–H and O–H groups in total. The Labute approximate surface area is 148 Å². The highest BCUT2D eigenvalue weighted by Gasteiger charge is 2.19. The molecule has 7 heteroatoms. The van der Waals surface area contributed by atoms with Crippen molar-refractivity contribution in [2.45, 2.75) is 27.3 Å². The molecule has 0 atom stereocenters. The van der Waals surface area contributed by atoms with Crippen LogP contribution in [0, 0.1) is 6.92 Å². The summed E-state index contributed by atoms with van der Waals surface area (Å²) in [5, 5.41) is 3.27. The Hall–Kier alpha value is -2.80. The minimum Gasteiger partial charge on any atom is -0.321 e. The van der Waals surface area contributed by atoms with Crippen molar-refractivity contribution in [2.24, 2.45) is 0 Å². The zero-order valence-corrected chi connectivity index (χ0v) is 14.9. The number of carbonyl (C=O) groups is 2. The van der Waals surface area contributed by atoms with Crippen LogP contribution >= 0.6 is 11.3 Å². The standard InChI is InChI=1S/C18H17N3O3S/c1-4-21-9-19-17-14(18(21)24)10(2)15(25-17)16(23)20-13-7-5-6-12(8-13)11(3)22/h5-9H,4H2,1-3H3,(H,20,23). The Morgan fingerprint density at radius 3 is 2.76 bits per heavy atom. The van der Waals surface area contributed by atoms with Crippen molar-refractivity contribution >= 4 is 38.9 Å². The summed E-state index contributed by atoms with van der Waals surface area (Å²) in [7, 11) is 0. The summed E-state index contributed by atoms with van der Waals surface area (Å²) < 4.78 is 1.51. The maximum atomic E-state index is 12.6. The first-order valence-electron chi connectivity index (χ1n) is 7.83. The van der Waals surface area contributed by atoms with E-state index in [9.17, 15) is 14.4 Å². The van der Waals surface area contributed by atoms with Crippen molar-refractivity contribution < 1.29 is 9.59 Å². The molecule has 0 bridgehead atoms. The number of fused-ring (bicyclic) bond motifs is 1. The number of nitrogens with one attached hydrogen (secondary N) is 1. The van der Waals surface area contributed by atoms with Crippen LogP contribution in [0.1, 0.15) is 39.4 Å². The van der Waals surface area contributed by atoms with Crippen molar-refractivity contribution in [1.82, 2.24) is 9.55 Å². The summed E-state index contributed by atoms with van der Waals surface area (Å²) in [6, 6.07) is 6.76. The van der Waals surface area contributed by atoms with E-state index in [1.807, 2.05) is 6.92 Å². The molecule has 0 unspecified atom stereocenters. The summed E-state index contributed by atoms with van der Waals surface area (Å²) in [5.41, 5.74) is 1.55. The van der Waals surface area contributed by atoms with Crippen molar-refractivity contribution in [3.05, 3.63) is 57.0 Å². The number of benzene rings is 1. The SMILES string of the molecule is CCn1cnc2sc(C(=O)Nc3cccc(C(C)=O)c3)c(C)c2c1=O. The van der Waals surface area contributed by atoms with Crippen LogP contribution < -0.4 is 10.9 Å². The van der Waals surface area contributed by atoms with E-state index in [1.165, 1.54) is 29.2 Å². The quantitative estimate of drug-likeness (QED) is 0.729. The third-order valence-corrected chi connectivity index (χ3v) is 5.19. The van der Waals surface area contributed by atoms with Gasteiger partial charge in [0.15, 0.2) is 5.78 Å². The Balaban J connectivity index is 1.99. The van der Waals surface area contributed by atoms with Crippen LogP contribution in [0.2, 0.25) is 0 Å². The van der Waals surface area contributed by atoms with Gasteiger partial charge in [-0.1, -0.05) is 12.1 Å². The van der Waals surface area contributed by atoms with Crippen molar-refractivity contribution in [2.75, 3.05) is 5.32 Å². The van der Waals surface area contributed by atoms with Gasteiger partial charge in [-0.15, -0.1) is 11.3 Å². The fourth-order valence-corrected chi connectivity index (χ4v) is 3.64. The minimum atomic E-state index is -0.316. The Morgan fingerprint density at radius 2 is 2.08 bits per heavy atom. The van der Waals surface area contributed by atoms with Gasteiger partial charge in [-0.05, 0) is 38.5 Å². The lowest BCUT2D eigenvalue weighted by molar-refractivity contribution is 0.101. The highest BCUT2D eigenvalue weighted by molar-refractivity contribution is 7.20. The van der Waals surface area contributed by atoms with Gasteiger partial charge in [0.1, 0.15) is 4.83 Å². The van der Waals surface area contributed by atoms with E-state index in [-0.39, 0.29) is 17.2 Å². The molecule has 3 rings (SSSR count). The van der Waals surface area contributed by atoms with Crippen LogP contribution in [-0.2, 0) is 6.54 Å². The molecule has 128 valence electrons. The van der Waals surface area contributed by atoms with E-state index in [1.54, 1.807) is 31.2 Å². The highest BCUT2D eigenvalue weighted by atomic mass is 32.1.